The van der Waals surface area contributed by atoms with Crippen molar-refractivity contribution >= 4 is 11.8 Å². The van der Waals surface area contributed by atoms with Crippen LogP contribution in [-0.2, 0) is 9.59 Å². The van der Waals surface area contributed by atoms with Gasteiger partial charge in [-0.15, -0.1) is 0 Å². The van der Waals surface area contributed by atoms with Crippen molar-refractivity contribution < 1.29 is 9.59 Å². The van der Waals surface area contributed by atoms with Crippen LogP contribution in [0.4, 0.5) is 0 Å². The first-order chi connectivity index (χ1) is 7.10. The number of rotatable bonds is 8. The average molecular weight is 215 g/mol. The van der Waals surface area contributed by atoms with Crippen molar-refractivity contribution in [2.24, 2.45) is 5.73 Å². The van der Waals surface area contributed by atoms with Gasteiger partial charge >= 0.3 is 0 Å². The van der Waals surface area contributed by atoms with E-state index in [9.17, 15) is 9.59 Å². The quantitative estimate of drug-likeness (QED) is 0.584. The Balaban J connectivity index is 3.92. The maximum Gasteiger partial charge on any atom is 0.234 e. The van der Waals surface area contributed by atoms with E-state index in [4.69, 9.17) is 5.73 Å². The van der Waals surface area contributed by atoms with Gasteiger partial charge in [0.15, 0.2) is 0 Å². The van der Waals surface area contributed by atoms with Crippen LogP contribution in [0.3, 0.4) is 0 Å². The van der Waals surface area contributed by atoms with Gasteiger partial charge in [-0.1, -0.05) is 13.8 Å². The molecule has 15 heavy (non-hydrogen) atoms. The zero-order valence-electron chi connectivity index (χ0n) is 9.58. The minimum Gasteiger partial charge on any atom is -0.369 e. The zero-order valence-corrected chi connectivity index (χ0v) is 9.58. The largest absolute Gasteiger partial charge is 0.369 e. The maximum atomic E-state index is 11.4. The van der Waals surface area contributed by atoms with Crippen molar-refractivity contribution in [2.75, 3.05) is 26.2 Å². The molecule has 0 saturated carbocycles. The summed E-state index contributed by atoms with van der Waals surface area (Å²) in [5, 5.41) is 2.76. The fourth-order valence-electron chi connectivity index (χ4n) is 1.27. The molecule has 0 rings (SSSR count). The fraction of sp³-hybridized carbons (Fsp3) is 0.800. The Kier molecular flexibility index (Phi) is 7.62. The molecule has 0 aliphatic heterocycles. The summed E-state index contributed by atoms with van der Waals surface area (Å²) < 4.78 is 0. The van der Waals surface area contributed by atoms with Crippen LogP contribution in [0.25, 0.3) is 0 Å². The van der Waals surface area contributed by atoms with Gasteiger partial charge in [-0.2, -0.15) is 0 Å². The highest BCUT2D eigenvalue weighted by Crippen LogP contribution is 1.90. The van der Waals surface area contributed by atoms with Gasteiger partial charge in [0.05, 0.1) is 13.1 Å². The smallest absolute Gasteiger partial charge is 0.234 e. The van der Waals surface area contributed by atoms with E-state index < -0.39 is 5.91 Å². The average Bonchev–Trinajstić information content (AvgIpc) is 2.14. The molecule has 88 valence electrons. The molecule has 0 radical (unpaired) electrons. The highest BCUT2D eigenvalue weighted by atomic mass is 16.2. The Bertz CT molecular complexity index is 207. The van der Waals surface area contributed by atoms with Gasteiger partial charge in [0.2, 0.25) is 11.8 Å². The van der Waals surface area contributed by atoms with Crippen LogP contribution in [0, 0.1) is 0 Å². The Hall–Kier alpha value is -1.10. The molecule has 5 nitrogen and oxygen atoms in total. The fourth-order valence-corrected chi connectivity index (χ4v) is 1.27. The summed E-state index contributed by atoms with van der Waals surface area (Å²) in [6.45, 7) is 5.77. The van der Waals surface area contributed by atoms with Gasteiger partial charge in [0.1, 0.15) is 0 Å². The van der Waals surface area contributed by atoms with Gasteiger partial charge in [-0.25, -0.2) is 0 Å². The normalized spacial score (nSPS) is 10.3. The van der Waals surface area contributed by atoms with Crippen molar-refractivity contribution in [2.45, 2.75) is 26.7 Å². The SMILES string of the molecule is CCCNC(=O)CN(CCC)CC(N)=O. The number of amides is 2. The van der Waals surface area contributed by atoms with E-state index in [0.717, 1.165) is 12.8 Å². The van der Waals surface area contributed by atoms with Crippen LogP contribution in [-0.4, -0.2) is 42.9 Å². The lowest BCUT2D eigenvalue weighted by Crippen LogP contribution is -2.41. The van der Waals surface area contributed by atoms with E-state index >= 15 is 0 Å². The number of carbonyl (C=O) groups excluding carboxylic acids is 2. The number of hydrogen-bond acceptors (Lipinski definition) is 3. The van der Waals surface area contributed by atoms with Crippen molar-refractivity contribution in [1.29, 1.82) is 0 Å². The van der Waals surface area contributed by atoms with E-state index in [0.29, 0.717) is 13.1 Å². The molecule has 0 heterocycles. The number of nitrogens with two attached hydrogens (primary N) is 1. The topological polar surface area (TPSA) is 75.4 Å². The van der Waals surface area contributed by atoms with Gasteiger partial charge in [-0.05, 0) is 19.4 Å². The Morgan fingerprint density at radius 3 is 2.33 bits per heavy atom. The van der Waals surface area contributed by atoms with Gasteiger partial charge in [-0.3, -0.25) is 14.5 Å². The lowest BCUT2D eigenvalue weighted by molar-refractivity contribution is -0.123. The predicted octanol–water partition coefficient (Wildman–Crippen LogP) is -0.290. The zero-order chi connectivity index (χ0) is 11.7. The molecule has 0 unspecified atom stereocenters. The lowest BCUT2D eigenvalue weighted by atomic mass is 10.3. The molecule has 0 fully saturated rings. The number of nitrogens with zero attached hydrogens (tertiary/aromatic N) is 1. The number of nitrogens with one attached hydrogen (secondary N) is 1. The molecule has 0 aromatic carbocycles. The van der Waals surface area contributed by atoms with E-state index in [-0.39, 0.29) is 19.0 Å². The van der Waals surface area contributed by atoms with Gasteiger partial charge < -0.3 is 11.1 Å². The first-order valence-electron chi connectivity index (χ1n) is 5.37. The van der Waals surface area contributed by atoms with Crippen molar-refractivity contribution in [1.82, 2.24) is 10.2 Å². The Labute approximate surface area is 91.0 Å². The van der Waals surface area contributed by atoms with Crippen LogP contribution in [0.1, 0.15) is 26.7 Å². The van der Waals surface area contributed by atoms with Crippen molar-refractivity contribution in [3.63, 3.8) is 0 Å². The summed E-state index contributed by atoms with van der Waals surface area (Å²) >= 11 is 0. The molecular formula is C10H21N3O2. The lowest BCUT2D eigenvalue weighted by Gasteiger charge is -2.18. The molecule has 0 bridgehead atoms. The van der Waals surface area contributed by atoms with E-state index in [1.807, 2.05) is 13.8 Å². The van der Waals surface area contributed by atoms with Crippen LogP contribution < -0.4 is 11.1 Å². The summed E-state index contributed by atoms with van der Waals surface area (Å²) in [4.78, 5) is 23.8. The highest BCUT2D eigenvalue weighted by molar-refractivity contribution is 5.80. The Morgan fingerprint density at radius 1 is 1.20 bits per heavy atom. The minimum atomic E-state index is -0.397. The summed E-state index contributed by atoms with van der Waals surface area (Å²) in [7, 11) is 0. The van der Waals surface area contributed by atoms with Crippen LogP contribution in [0.2, 0.25) is 0 Å². The third-order valence-electron chi connectivity index (χ3n) is 1.86. The van der Waals surface area contributed by atoms with Crippen LogP contribution in [0.15, 0.2) is 0 Å². The van der Waals surface area contributed by atoms with Crippen molar-refractivity contribution in [3.05, 3.63) is 0 Å². The molecule has 2 amide bonds. The summed E-state index contributed by atoms with van der Waals surface area (Å²) in [6.07, 6.45) is 1.81. The van der Waals surface area contributed by atoms with E-state index in [1.54, 1.807) is 4.90 Å². The number of carbonyl (C=O) groups is 2. The van der Waals surface area contributed by atoms with E-state index in [1.165, 1.54) is 0 Å². The van der Waals surface area contributed by atoms with Gasteiger partial charge in [0, 0.05) is 6.54 Å². The number of primary amides is 1. The molecule has 0 spiro atoms. The third-order valence-corrected chi connectivity index (χ3v) is 1.86. The molecule has 0 saturated heterocycles. The summed E-state index contributed by atoms with van der Waals surface area (Å²) in [6, 6.07) is 0. The third kappa shape index (κ3) is 7.93. The first kappa shape index (κ1) is 13.9. The second kappa shape index (κ2) is 8.23. The van der Waals surface area contributed by atoms with Gasteiger partial charge in [0.25, 0.3) is 0 Å². The molecular weight excluding hydrogens is 194 g/mol. The summed E-state index contributed by atoms with van der Waals surface area (Å²) in [5.41, 5.74) is 5.09. The van der Waals surface area contributed by atoms with E-state index in [2.05, 4.69) is 5.32 Å². The predicted molar refractivity (Wildman–Crippen MR) is 59.2 cm³/mol. The molecule has 0 aliphatic rings. The molecule has 3 N–H and O–H groups in total. The second-order valence-corrected chi connectivity index (χ2v) is 3.53. The maximum absolute atomic E-state index is 11.4. The number of hydrogen-bond donors (Lipinski definition) is 2. The highest BCUT2D eigenvalue weighted by Gasteiger charge is 2.11. The summed E-state index contributed by atoms with van der Waals surface area (Å²) in [5.74, 6) is -0.446. The second-order valence-electron chi connectivity index (χ2n) is 3.53. The monoisotopic (exact) mass is 215 g/mol. The Morgan fingerprint density at radius 2 is 1.87 bits per heavy atom. The molecule has 0 aromatic heterocycles. The van der Waals surface area contributed by atoms with Crippen molar-refractivity contribution in [3.8, 4) is 0 Å². The minimum absolute atomic E-state index is 0.0495. The molecule has 0 aliphatic carbocycles. The molecule has 0 atom stereocenters. The van der Waals surface area contributed by atoms with Crippen LogP contribution in [0.5, 0.6) is 0 Å². The standard InChI is InChI=1S/C10H21N3O2/c1-3-5-12-10(15)8-13(6-4-2)7-9(11)14/h3-8H2,1-2H3,(H2,11,14)(H,12,15). The first-order valence-corrected chi connectivity index (χ1v) is 5.37. The molecule has 0 aromatic rings. The van der Waals surface area contributed by atoms with Crippen LogP contribution >= 0.6 is 0 Å². The molecule has 5 heteroatoms.